The van der Waals surface area contributed by atoms with Gasteiger partial charge in [-0.2, -0.15) is 11.8 Å². The average Bonchev–Trinajstić information content (AvgIpc) is 2.30. The van der Waals surface area contributed by atoms with Crippen LogP contribution in [-0.2, 0) is 10.0 Å². The lowest BCUT2D eigenvalue weighted by atomic mass is 10.1. The summed E-state index contributed by atoms with van der Waals surface area (Å²) in [6, 6.07) is 1.06. The van der Waals surface area contributed by atoms with E-state index in [4.69, 9.17) is 11.6 Å². The fourth-order valence-electron chi connectivity index (χ4n) is 1.29. The van der Waals surface area contributed by atoms with Crippen LogP contribution in [-0.4, -0.2) is 42.7 Å². The van der Waals surface area contributed by atoms with E-state index in [9.17, 15) is 18.3 Å². The monoisotopic (exact) mass is 326 g/mol. The molecule has 0 amide bonds. The molecule has 0 aliphatic heterocycles. The van der Waals surface area contributed by atoms with Crippen molar-refractivity contribution in [1.29, 1.82) is 0 Å². The van der Waals surface area contributed by atoms with E-state index in [1.54, 1.807) is 0 Å². The molecule has 1 unspecified atom stereocenters. The minimum atomic E-state index is -3.82. The molecule has 1 rings (SSSR count). The van der Waals surface area contributed by atoms with E-state index in [-0.39, 0.29) is 16.5 Å². The minimum absolute atomic E-state index is 0.132. The van der Waals surface area contributed by atoms with Gasteiger partial charge in [0, 0.05) is 18.5 Å². The van der Waals surface area contributed by atoms with Gasteiger partial charge in [-0.15, -0.1) is 0 Å². The number of pyridine rings is 1. The van der Waals surface area contributed by atoms with Gasteiger partial charge in [-0.25, -0.2) is 13.1 Å². The number of aromatic amines is 1. The summed E-state index contributed by atoms with van der Waals surface area (Å²) < 4.78 is 26.1. The fourth-order valence-corrected chi connectivity index (χ4v) is 3.40. The molecule has 0 radical (unpaired) electrons. The Bertz CT molecular complexity index is 598. The van der Waals surface area contributed by atoms with Gasteiger partial charge in [0.2, 0.25) is 10.0 Å². The number of H-pyrrole nitrogens is 1. The molecule has 9 heteroatoms. The maximum absolute atomic E-state index is 11.9. The number of nitrogens with one attached hydrogen (secondary N) is 2. The molecule has 0 fully saturated rings. The van der Waals surface area contributed by atoms with Crippen molar-refractivity contribution in [3.05, 3.63) is 27.6 Å². The maximum atomic E-state index is 11.9. The predicted molar refractivity (Wildman–Crippen MR) is 76.3 cm³/mol. The molecule has 6 nitrogen and oxygen atoms in total. The predicted octanol–water partition coefficient (Wildman–Crippen LogP) is 0.421. The number of rotatable bonds is 6. The Morgan fingerprint density at radius 2 is 2.21 bits per heavy atom. The number of aliphatic hydroxyl groups is 1. The number of hydrogen-bond donors (Lipinski definition) is 3. The van der Waals surface area contributed by atoms with Crippen LogP contribution in [0, 0.1) is 0 Å². The SMILES string of the molecule is CSCC(C)(O)CNS(=O)(=O)c1c[nH]c(=O)c(Cl)c1. The molecule has 0 bridgehead atoms. The molecule has 0 aliphatic carbocycles. The molecular formula is C10H15ClN2O4S2. The van der Waals surface area contributed by atoms with Gasteiger partial charge in [0.15, 0.2) is 0 Å². The van der Waals surface area contributed by atoms with Crippen LogP contribution in [0.1, 0.15) is 6.92 Å². The zero-order chi connectivity index (χ0) is 14.7. The first-order chi connectivity index (χ1) is 8.68. The Balaban J connectivity index is 2.87. The number of aromatic nitrogens is 1. The third-order valence-corrected chi connectivity index (χ3v) is 4.81. The fraction of sp³-hybridized carbons (Fsp3) is 0.500. The molecule has 1 aromatic heterocycles. The van der Waals surface area contributed by atoms with Crippen LogP contribution >= 0.6 is 23.4 Å². The standard InChI is InChI=1S/C10H15ClN2O4S2/c1-10(15,6-18-2)5-13-19(16,17)7-3-8(11)9(14)12-4-7/h3-4,13,15H,5-6H2,1-2H3,(H,12,14). The zero-order valence-corrected chi connectivity index (χ0v) is 12.8. The molecule has 1 atom stereocenters. The van der Waals surface area contributed by atoms with Gasteiger partial charge >= 0.3 is 0 Å². The Morgan fingerprint density at radius 3 is 2.74 bits per heavy atom. The van der Waals surface area contributed by atoms with Crippen molar-refractivity contribution in [3.8, 4) is 0 Å². The molecule has 0 saturated heterocycles. The topological polar surface area (TPSA) is 99.3 Å². The lowest BCUT2D eigenvalue weighted by molar-refractivity contribution is 0.0908. The molecule has 0 spiro atoms. The second-order valence-corrected chi connectivity index (χ2v) is 7.31. The van der Waals surface area contributed by atoms with E-state index in [0.29, 0.717) is 5.75 Å². The van der Waals surface area contributed by atoms with E-state index in [1.165, 1.54) is 18.7 Å². The van der Waals surface area contributed by atoms with E-state index >= 15 is 0 Å². The third kappa shape index (κ3) is 4.81. The van der Waals surface area contributed by atoms with Gasteiger partial charge in [-0.05, 0) is 19.2 Å². The van der Waals surface area contributed by atoms with Gasteiger partial charge in [0.25, 0.3) is 5.56 Å². The Kier molecular flexibility index (Phi) is 5.45. The molecular weight excluding hydrogens is 312 g/mol. The van der Waals surface area contributed by atoms with Crippen LogP contribution in [0.2, 0.25) is 5.02 Å². The summed E-state index contributed by atoms with van der Waals surface area (Å²) in [6.45, 7) is 1.40. The van der Waals surface area contributed by atoms with E-state index in [0.717, 1.165) is 12.3 Å². The first-order valence-corrected chi connectivity index (χ1v) is 8.53. The minimum Gasteiger partial charge on any atom is -0.388 e. The van der Waals surface area contributed by atoms with Crippen LogP contribution in [0.4, 0.5) is 0 Å². The highest BCUT2D eigenvalue weighted by molar-refractivity contribution is 7.98. The third-order valence-electron chi connectivity index (χ3n) is 2.24. The quantitative estimate of drug-likeness (QED) is 0.703. The lowest BCUT2D eigenvalue weighted by Gasteiger charge is -2.22. The van der Waals surface area contributed by atoms with Crippen LogP contribution in [0.5, 0.6) is 0 Å². The van der Waals surface area contributed by atoms with Crippen LogP contribution in [0.15, 0.2) is 22.0 Å². The van der Waals surface area contributed by atoms with Crippen molar-refractivity contribution in [2.45, 2.75) is 17.4 Å². The first-order valence-electron chi connectivity index (χ1n) is 5.27. The molecule has 108 valence electrons. The van der Waals surface area contributed by atoms with Crippen LogP contribution in [0.25, 0.3) is 0 Å². The normalized spacial score (nSPS) is 15.2. The molecule has 0 aliphatic rings. The first kappa shape index (κ1) is 16.5. The Labute approximate surface area is 120 Å². The largest absolute Gasteiger partial charge is 0.388 e. The van der Waals surface area contributed by atoms with Crippen molar-refractivity contribution in [2.75, 3.05) is 18.6 Å². The zero-order valence-electron chi connectivity index (χ0n) is 10.4. The van der Waals surface area contributed by atoms with E-state index in [2.05, 4.69) is 9.71 Å². The molecule has 19 heavy (non-hydrogen) atoms. The number of halogens is 1. The van der Waals surface area contributed by atoms with Gasteiger partial charge < -0.3 is 10.1 Å². The van der Waals surface area contributed by atoms with E-state index in [1.807, 2.05) is 6.26 Å². The second-order valence-electron chi connectivity index (χ2n) is 4.27. The van der Waals surface area contributed by atoms with Crippen molar-refractivity contribution in [3.63, 3.8) is 0 Å². The molecule has 0 aromatic carbocycles. The van der Waals surface area contributed by atoms with Crippen molar-refractivity contribution >= 4 is 33.4 Å². The molecule has 1 aromatic rings. The van der Waals surface area contributed by atoms with Gasteiger partial charge in [0.05, 0.1) is 10.5 Å². The van der Waals surface area contributed by atoms with E-state index < -0.39 is 21.2 Å². The van der Waals surface area contributed by atoms with Gasteiger partial charge in [-0.3, -0.25) is 4.79 Å². The summed E-state index contributed by atoms with van der Waals surface area (Å²) in [5.41, 5.74) is -1.71. The molecule has 0 saturated carbocycles. The lowest BCUT2D eigenvalue weighted by Crippen LogP contribution is -2.42. The highest BCUT2D eigenvalue weighted by Gasteiger charge is 2.24. The Morgan fingerprint density at radius 1 is 1.58 bits per heavy atom. The summed E-state index contributed by atoms with van der Waals surface area (Å²) >= 11 is 6.98. The number of sulfonamides is 1. The second kappa shape index (κ2) is 6.27. The average molecular weight is 327 g/mol. The summed E-state index contributed by atoms with van der Waals surface area (Å²) in [7, 11) is -3.82. The van der Waals surface area contributed by atoms with Crippen molar-refractivity contribution in [2.24, 2.45) is 0 Å². The molecule has 3 N–H and O–H groups in total. The van der Waals surface area contributed by atoms with Gasteiger partial charge in [0.1, 0.15) is 5.02 Å². The number of hydrogen-bond acceptors (Lipinski definition) is 5. The summed E-state index contributed by atoms with van der Waals surface area (Å²) in [5, 5.41) is 9.68. The Hall–Kier alpha value is -0.540. The van der Waals surface area contributed by atoms with Crippen LogP contribution in [0.3, 0.4) is 0 Å². The summed E-state index contributed by atoms with van der Waals surface area (Å²) in [6.07, 6.45) is 2.87. The van der Waals surface area contributed by atoms with Crippen molar-refractivity contribution in [1.82, 2.24) is 9.71 Å². The summed E-state index contributed by atoms with van der Waals surface area (Å²) in [5.74, 6) is 0.391. The highest BCUT2D eigenvalue weighted by atomic mass is 35.5. The maximum Gasteiger partial charge on any atom is 0.266 e. The molecule has 1 heterocycles. The van der Waals surface area contributed by atoms with Crippen LogP contribution < -0.4 is 10.3 Å². The summed E-state index contributed by atoms with van der Waals surface area (Å²) in [4.78, 5) is 13.1. The van der Waals surface area contributed by atoms with Crippen molar-refractivity contribution < 1.29 is 13.5 Å². The highest BCUT2D eigenvalue weighted by Crippen LogP contribution is 2.13. The number of thioether (sulfide) groups is 1. The van der Waals surface area contributed by atoms with Gasteiger partial charge in [-0.1, -0.05) is 11.6 Å². The smallest absolute Gasteiger partial charge is 0.266 e.